The van der Waals surface area contributed by atoms with Crippen LogP contribution >= 0.6 is 0 Å². The first kappa shape index (κ1) is 16.7. The highest BCUT2D eigenvalue weighted by atomic mass is 16.6. The van der Waals surface area contributed by atoms with E-state index in [0.717, 1.165) is 0 Å². The Hall–Kier alpha value is -2.64. The largest absolute Gasteiger partial charge is 0.465 e. The van der Waals surface area contributed by atoms with Gasteiger partial charge in [0.15, 0.2) is 0 Å². The van der Waals surface area contributed by atoms with Crippen LogP contribution in [0.5, 0.6) is 0 Å². The van der Waals surface area contributed by atoms with E-state index in [1.165, 1.54) is 19.2 Å². The maximum Gasteiger partial charge on any atom is 0.344 e. The van der Waals surface area contributed by atoms with Crippen molar-refractivity contribution in [3.8, 4) is 0 Å². The molecule has 1 saturated heterocycles. The molecule has 0 saturated carbocycles. The molecule has 0 aliphatic carbocycles. The molecular formula is C15H19N3O5. The molecule has 0 aromatic heterocycles. The number of rotatable bonds is 4. The van der Waals surface area contributed by atoms with E-state index in [-0.39, 0.29) is 17.2 Å². The molecular weight excluding hydrogens is 302 g/mol. The van der Waals surface area contributed by atoms with Gasteiger partial charge in [0.2, 0.25) is 5.91 Å². The number of amides is 1. The van der Waals surface area contributed by atoms with E-state index in [9.17, 15) is 19.7 Å². The van der Waals surface area contributed by atoms with Crippen LogP contribution in [0.2, 0.25) is 0 Å². The monoisotopic (exact) mass is 321 g/mol. The average Bonchev–Trinajstić information content (AvgIpc) is 2.59. The highest BCUT2D eigenvalue weighted by molar-refractivity contribution is 5.95. The SMILES string of the molecule is CCC(=O)N1CCN(c2ccc([N+](=O)[O-])c(C(=O)OC)c2)CC1. The number of esters is 1. The van der Waals surface area contributed by atoms with Crippen LogP contribution in [0, 0.1) is 10.1 Å². The van der Waals surface area contributed by atoms with Gasteiger partial charge in [-0.05, 0) is 12.1 Å². The van der Waals surface area contributed by atoms with Crippen molar-refractivity contribution < 1.29 is 19.2 Å². The number of nitro benzene ring substituents is 1. The van der Waals surface area contributed by atoms with Gasteiger partial charge in [0.25, 0.3) is 5.69 Å². The summed E-state index contributed by atoms with van der Waals surface area (Å²) in [6.07, 6.45) is 0.476. The highest BCUT2D eigenvalue weighted by Crippen LogP contribution is 2.26. The number of anilines is 1. The first-order valence-electron chi connectivity index (χ1n) is 7.37. The summed E-state index contributed by atoms with van der Waals surface area (Å²) < 4.78 is 4.62. The molecule has 1 aromatic carbocycles. The molecule has 0 atom stereocenters. The molecule has 1 fully saturated rings. The number of hydrogen-bond donors (Lipinski definition) is 0. The van der Waals surface area contributed by atoms with Crippen LogP contribution < -0.4 is 4.90 Å². The quantitative estimate of drug-likeness (QED) is 0.473. The van der Waals surface area contributed by atoms with Gasteiger partial charge in [0, 0.05) is 44.4 Å². The van der Waals surface area contributed by atoms with Crippen LogP contribution in [-0.2, 0) is 9.53 Å². The zero-order valence-corrected chi connectivity index (χ0v) is 13.2. The Morgan fingerprint density at radius 2 is 1.91 bits per heavy atom. The van der Waals surface area contributed by atoms with Gasteiger partial charge in [-0.2, -0.15) is 0 Å². The summed E-state index contributed by atoms with van der Waals surface area (Å²) in [5.41, 5.74) is 0.363. The molecule has 1 heterocycles. The van der Waals surface area contributed by atoms with Gasteiger partial charge < -0.3 is 14.5 Å². The van der Waals surface area contributed by atoms with Gasteiger partial charge in [-0.3, -0.25) is 14.9 Å². The Labute approximate surface area is 133 Å². The molecule has 8 nitrogen and oxygen atoms in total. The lowest BCUT2D eigenvalue weighted by atomic mass is 10.1. The van der Waals surface area contributed by atoms with E-state index < -0.39 is 10.9 Å². The summed E-state index contributed by atoms with van der Waals surface area (Å²) in [4.78, 5) is 37.6. The van der Waals surface area contributed by atoms with Crippen LogP contribution in [0.1, 0.15) is 23.7 Å². The van der Waals surface area contributed by atoms with Gasteiger partial charge in [-0.1, -0.05) is 6.92 Å². The molecule has 1 amide bonds. The normalized spacial score (nSPS) is 14.5. The Morgan fingerprint density at radius 1 is 1.26 bits per heavy atom. The van der Waals surface area contributed by atoms with Crippen molar-refractivity contribution in [2.75, 3.05) is 38.2 Å². The average molecular weight is 321 g/mol. The van der Waals surface area contributed by atoms with Crippen molar-refractivity contribution in [3.63, 3.8) is 0 Å². The van der Waals surface area contributed by atoms with E-state index in [1.807, 2.05) is 11.8 Å². The number of hydrogen-bond acceptors (Lipinski definition) is 6. The van der Waals surface area contributed by atoms with Crippen LogP contribution in [0.4, 0.5) is 11.4 Å². The summed E-state index contributed by atoms with van der Waals surface area (Å²) in [7, 11) is 1.19. The Morgan fingerprint density at radius 3 is 2.43 bits per heavy atom. The predicted molar refractivity (Wildman–Crippen MR) is 83.5 cm³/mol. The number of methoxy groups -OCH3 is 1. The lowest BCUT2D eigenvalue weighted by Crippen LogP contribution is -2.48. The molecule has 23 heavy (non-hydrogen) atoms. The lowest BCUT2D eigenvalue weighted by Gasteiger charge is -2.36. The third kappa shape index (κ3) is 3.58. The fraction of sp³-hybridized carbons (Fsp3) is 0.467. The minimum atomic E-state index is -0.738. The Kier molecular flexibility index (Phi) is 5.15. The maximum atomic E-state index is 11.8. The Balaban J connectivity index is 2.20. The minimum Gasteiger partial charge on any atom is -0.465 e. The molecule has 0 unspecified atom stereocenters. The first-order valence-corrected chi connectivity index (χ1v) is 7.37. The second-order valence-electron chi connectivity index (χ2n) is 5.17. The molecule has 0 N–H and O–H groups in total. The highest BCUT2D eigenvalue weighted by Gasteiger charge is 2.25. The number of nitro groups is 1. The Bertz CT molecular complexity index is 624. The topological polar surface area (TPSA) is 93.0 Å². The van der Waals surface area contributed by atoms with Crippen LogP contribution in [0.3, 0.4) is 0 Å². The van der Waals surface area contributed by atoms with Crippen molar-refractivity contribution in [3.05, 3.63) is 33.9 Å². The van der Waals surface area contributed by atoms with Crippen molar-refractivity contribution in [2.45, 2.75) is 13.3 Å². The maximum absolute atomic E-state index is 11.8. The van der Waals surface area contributed by atoms with Crippen molar-refractivity contribution in [2.24, 2.45) is 0 Å². The fourth-order valence-corrected chi connectivity index (χ4v) is 2.59. The van der Waals surface area contributed by atoms with Crippen LogP contribution in [-0.4, -0.2) is 55.0 Å². The summed E-state index contributed by atoms with van der Waals surface area (Å²) in [5, 5.41) is 11.0. The molecule has 0 radical (unpaired) electrons. The molecule has 1 aliphatic heterocycles. The second kappa shape index (κ2) is 7.08. The van der Waals surface area contributed by atoms with Gasteiger partial charge in [-0.15, -0.1) is 0 Å². The van der Waals surface area contributed by atoms with Gasteiger partial charge in [0.1, 0.15) is 5.56 Å². The number of carbonyl (C=O) groups excluding carboxylic acids is 2. The smallest absolute Gasteiger partial charge is 0.344 e. The summed E-state index contributed by atoms with van der Waals surface area (Å²) >= 11 is 0. The van der Waals surface area contributed by atoms with Gasteiger partial charge >= 0.3 is 5.97 Å². The van der Waals surface area contributed by atoms with E-state index in [2.05, 4.69) is 4.74 Å². The van der Waals surface area contributed by atoms with E-state index in [0.29, 0.717) is 38.3 Å². The lowest BCUT2D eigenvalue weighted by molar-refractivity contribution is -0.385. The van der Waals surface area contributed by atoms with Gasteiger partial charge in [0.05, 0.1) is 12.0 Å². The molecule has 1 aromatic rings. The second-order valence-corrected chi connectivity index (χ2v) is 5.17. The van der Waals surface area contributed by atoms with Crippen molar-refractivity contribution in [1.82, 2.24) is 4.90 Å². The van der Waals surface area contributed by atoms with Crippen molar-refractivity contribution >= 4 is 23.3 Å². The number of piperazine rings is 1. The number of ether oxygens (including phenoxy) is 1. The number of carbonyl (C=O) groups is 2. The van der Waals surface area contributed by atoms with Crippen LogP contribution in [0.25, 0.3) is 0 Å². The van der Waals surface area contributed by atoms with Gasteiger partial charge in [-0.25, -0.2) is 4.79 Å². The molecule has 1 aliphatic rings. The molecule has 2 rings (SSSR count). The van der Waals surface area contributed by atoms with E-state index >= 15 is 0 Å². The molecule has 124 valence electrons. The molecule has 8 heteroatoms. The first-order chi connectivity index (χ1) is 11.0. The standard InChI is InChI=1S/C15H19N3O5/c1-3-14(19)17-8-6-16(7-9-17)11-4-5-13(18(21)22)12(10-11)15(20)23-2/h4-5,10H,3,6-9H2,1-2H3. The third-order valence-electron chi connectivity index (χ3n) is 3.88. The fourth-order valence-electron chi connectivity index (χ4n) is 2.59. The molecule has 0 spiro atoms. The zero-order valence-electron chi connectivity index (χ0n) is 13.2. The minimum absolute atomic E-state index is 0.0675. The zero-order chi connectivity index (χ0) is 17.0. The summed E-state index contributed by atoms with van der Waals surface area (Å²) in [6, 6.07) is 4.40. The van der Waals surface area contributed by atoms with E-state index in [1.54, 1.807) is 11.0 Å². The summed E-state index contributed by atoms with van der Waals surface area (Å²) in [5.74, 6) is -0.623. The van der Waals surface area contributed by atoms with Crippen LogP contribution in [0.15, 0.2) is 18.2 Å². The predicted octanol–water partition coefficient (Wildman–Crippen LogP) is 1.44. The summed E-state index contributed by atoms with van der Waals surface area (Å²) in [6.45, 7) is 4.25. The van der Waals surface area contributed by atoms with Crippen molar-refractivity contribution in [1.29, 1.82) is 0 Å². The molecule has 0 bridgehead atoms. The number of benzene rings is 1. The van der Waals surface area contributed by atoms with E-state index in [4.69, 9.17) is 0 Å². The number of nitrogens with zero attached hydrogens (tertiary/aromatic N) is 3. The third-order valence-corrected chi connectivity index (χ3v) is 3.88.